The molecule has 1 heteroatoms. The third-order valence-corrected chi connectivity index (χ3v) is 7.22. The summed E-state index contributed by atoms with van der Waals surface area (Å²) in [6, 6.07) is 30.8. The summed E-state index contributed by atoms with van der Waals surface area (Å²) in [4.78, 5) is 0. The van der Waals surface area contributed by atoms with Crippen LogP contribution in [-0.2, 0) is 5.41 Å². The number of furan rings is 1. The quantitative estimate of drug-likeness (QED) is 0.289. The van der Waals surface area contributed by atoms with Crippen LogP contribution in [0.25, 0.3) is 57.0 Å². The zero-order chi connectivity index (χ0) is 22.7. The molecule has 33 heavy (non-hydrogen) atoms. The van der Waals surface area contributed by atoms with Crippen LogP contribution in [0.5, 0.6) is 0 Å². The van der Waals surface area contributed by atoms with Crippen molar-refractivity contribution in [1.82, 2.24) is 0 Å². The number of fused-ring (bicyclic) bond motifs is 4. The van der Waals surface area contributed by atoms with Gasteiger partial charge in [-0.3, -0.25) is 0 Å². The lowest BCUT2D eigenvalue weighted by molar-refractivity contribution is 0.575. The average molecular weight is 427 g/mol. The van der Waals surface area contributed by atoms with Crippen LogP contribution in [0.1, 0.15) is 31.9 Å². The SMILES string of the molecule is C=c1/c(=C\C)oc2ccc(-c3ccc(-c4cccc5c4-c4ccccc4C5(C)C)cc3)cc12. The average Bonchev–Trinajstić information content (AvgIpc) is 3.30. The lowest BCUT2D eigenvalue weighted by Gasteiger charge is -2.21. The molecule has 1 aliphatic rings. The molecule has 0 amide bonds. The van der Waals surface area contributed by atoms with E-state index >= 15 is 0 Å². The maximum atomic E-state index is 5.89. The number of benzene rings is 4. The fourth-order valence-electron chi connectivity index (χ4n) is 5.42. The van der Waals surface area contributed by atoms with Crippen molar-refractivity contribution in [1.29, 1.82) is 0 Å². The molecule has 0 spiro atoms. The van der Waals surface area contributed by atoms with E-state index < -0.39 is 0 Å². The Morgan fingerprint density at radius 1 is 0.727 bits per heavy atom. The summed E-state index contributed by atoms with van der Waals surface area (Å²) < 4.78 is 5.89. The van der Waals surface area contributed by atoms with E-state index in [4.69, 9.17) is 4.42 Å². The van der Waals surface area contributed by atoms with Crippen molar-refractivity contribution < 1.29 is 4.42 Å². The fourth-order valence-corrected chi connectivity index (χ4v) is 5.42. The third kappa shape index (κ3) is 2.85. The van der Waals surface area contributed by atoms with Gasteiger partial charge in [0, 0.05) is 16.0 Å². The fraction of sp³-hybridized carbons (Fsp3) is 0.125. The number of hydrogen-bond acceptors (Lipinski definition) is 1. The zero-order valence-electron chi connectivity index (χ0n) is 19.3. The van der Waals surface area contributed by atoms with Gasteiger partial charge in [0.2, 0.25) is 0 Å². The molecular weight excluding hydrogens is 400 g/mol. The first kappa shape index (κ1) is 19.8. The standard InChI is InChI=1S/C32H26O/c1-5-29-20(2)26-19-23(17-18-30(26)33-29)21-13-15-22(16-14-21)24-10-8-12-28-31(24)25-9-6-7-11-27(25)32(28,3)4/h5-19H,2H2,1,3-4H3/b29-5+. The van der Waals surface area contributed by atoms with Crippen LogP contribution in [0.15, 0.2) is 89.3 Å². The van der Waals surface area contributed by atoms with Gasteiger partial charge in [-0.05, 0) is 69.6 Å². The van der Waals surface area contributed by atoms with Crippen molar-refractivity contribution in [2.24, 2.45) is 0 Å². The van der Waals surface area contributed by atoms with Gasteiger partial charge in [-0.1, -0.05) is 93.2 Å². The molecule has 1 heterocycles. The Morgan fingerprint density at radius 2 is 1.39 bits per heavy atom. The van der Waals surface area contributed by atoms with Crippen LogP contribution in [0, 0.1) is 0 Å². The summed E-state index contributed by atoms with van der Waals surface area (Å²) in [7, 11) is 0. The van der Waals surface area contributed by atoms with Gasteiger partial charge < -0.3 is 4.42 Å². The summed E-state index contributed by atoms with van der Waals surface area (Å²) in [5.74, 6) is 0. The molecule has 0 radical (unpaired) electrons. The molecule has 0 aliphatic heterocycles. The van der Waals surface area contributed by atoms with Gasteiger partial charge in [0.15, 0.2) is 0 Å². The van der Waals surface area contributed by atoms with Gasteiger partial charge in [-0.2, -0.15) is 0 Å². The molecule has 160 valence electrons. The second-order valence-corrected chi connectivity index (χ2v) is 9.42. The van der Waals surface area contributed by atoms with Crippen molar-refractivity contribution in [3.8, 4) is 33.4 Å². The highest BCUT2D eigenvalue weighted by Gasteiger charge is 2.36. The van der Waals surface area contributed by atoms with E-state index in [1.807, 2.05) is 19.1 Å². The van der Waals surface area contributed by atoms with E-state index in [-0.39, 0.29) is 5.41 Å². The van der Waals surface area contributed by atoms with Crippen LogP contribution >= 0.6 is 0 Å². The molecule has 1 aromatic heterocycles. The number of rotatable bonds is 2. The Morgan fingerprint density at radius 3 is 2.18 bits per heavy atom. The highest BCUT2D eigenvalue weighted by Crippen LogP contribution is 2.51. The molecule has 0 N–H and O–H groups in total. The molecule has 1 nitrogen and oxygen atoms in total. The summed E-state index contributed by atoms with van der Waals surface area (Å²) >= 11 is 0. The molecule has 0 unspecified atom stereocenters. The van der Waals surface area contributed by atoms with Crippen molar-refractivity contribution in [3.63, 3.8) is 0 Å². The van der Waals surface area contributed by atoms with Crippen LogP contribution in [0.2, 0.25) is 0 Å². The molecular formula is C32H26O. The summed E-state index contributed by atoms with van der Waals surface area (Å²) in [5.41, 5.74) is 12.2. The maximum absolute atomic E-state index is 5.89. The Bertz CT molecular complexity index is 1650. The lowest BCUT2D eigenvalue weighted by Crippen LogP contribution is -2.16. The minimum Gasteiger partial charge on any atom is -0.456 e. The molecule has 0 atom stereocenters. The summed E-state index contributed by atoms with van der Waals surface area (Å²) in [6.45, 7) is 10.8. The van der Waals surface area contributed by atoms with Crippen molar-refractivity contribution >= 4 is 23.6 Å². The normalized spacial score (nSPS) is 14.5. The molecule has 0 fully saturated rings. The van der Waals surface area contributed by atoms with E-state index in [1.165, 1.54) is 44.5 Å². The van der Waals surface area contributed by atoms with Crippen molar-refractivity contribution in [2.45, 2.75) is 26.2 Å². The second kappa shape index (κ2) is 7.08. The van der Waals surface area contributed by atoms with Crippen LogP contribution in [0.3, 0.4) is 0 Å². The van der Waals surface area contributed by atoms with Crippen LogP contribution in [-0.4, -0.2) is 0 Å². The van der Waals surface area contributed by atoms with Gasteiger partial charge in [-0.15, -0.1) is 0 Å². The van der Waals surface area contributed by atoms with Gasteiger partial charge in [-0.25, -0.2) is 0 Å². The predicted molar refractivity (Wildman–Crippen MR) is 140 cm³/mol. The molecule has 4 aromatic carbocycles. The molecule has 5 aromatic rings. The summed E-state index contributed by atoms with van der Waals surface area (Å²) in [6.07, 6.45) is 1.97. The van der Waals surface area contributed by atoms with Crippen LogP contribution in [0.4, 0.5) is 0 Å². The first-order chi connectivity index (χ1) is 16.0. The monoisotopic (exact) mass is 426 g/mol. The smallest absolute Gasteiger partial charge is 0.135 e. The maximum Gasteiger partial charge on any atom is 0.135 e. The third-order valence-electron chi connectivity index (χ3n) is 7.22. The highest BCUT2D eigenvalue weighted by molar-refractivity contribution is 5.93. The van der Waals surface area contributed by atoms with Gasteiger partial charge >= 0.3 is 0 Å². The first-order valence-corrected chi connectivity index (χ1v) is 11.5. The van der Waals surface area contributed by atoms with E-state index in [0.29, 0.717) is 0 Å². The molecule has 0 bridgehead atoms. The summed E-state index contributed by atoms with van der Waals surface area (Å²) in [5, 5.41) is 2.02. The minimum atomic E-state index is 0.0164. The lowest BCUT2D eigenvalue weighted by atomic mass is 9.82. The Hall–Kier alpha value is -3.84. The largest absolute Gasteiger partial charge is 0.456 e. The molecule has 0 saturated heterocycles. The Labute approximate surface area is 194 Å². The van der Waals surface area contributed by atoms with E-state index in [1.54, 1.807) is 0 Å². The predicted octanol–water partition coefficient (Wildman–Crippen LogP) is 7.28. The van der Waals surface area contributed by atoms with Gasteiger partial charge in [0.05, 0.1) is 0 Å². The van der Waals surface area contributed by atoms with Crippen molar-refractivity contribution in [2.75, 3.05) is 0 Å². The Kier molecular flexibility index (Phi) is 4.25. The topological polar surface area (TPSA) is 13.1 Å². The molecule has 1 aliphatic carbocycles. The highest BCUT2D eigenvalue weighted by atomic mass is 16.3. The molecule has 0 saturated carbocycles. The number of hydrogen-bond donors (Lipinski definition) is 0. The van der Waals surface area contributed by atoms with Crippen LogP contribution < -0.4 is 10.6 Å². The van der Waals surface area contributed by atoms with E-state index in [2.05, 4.69) is 99.3 Å². The van der Waals surface area contributed by atoms with E-state index in [9.17, 15) is 0 Å². The zero-order valence-corrected chi connectivity index (χ0v) is 19.3. The first-order valence-electron chi connectivity index (χ1n) is 11.5. The Balaban J connectivity index is 1.46. The minimum absolute atomic E-state index is 0.0164. The van der Waals surface area contributed by atoms with Crippen molar-refractivity contribution in [3.05, 3.63) is 107 Å². The van der Waals surface area contributed by atoms with Gasteiger partial charge in [0.1, 0.15) is 11.0 Å². The second-order valence-electron chi connectivity index (χ2n) is 9.42. The van der Waals surface area contributed by atoms with Gasteiger partial charge in [0.25, 0.3) is 0 Å². The van der Waals surface area contributed by atoms with E-state index in [0.717, 1.165) is 21.6 Å². The molecule has 6 rings (SSSR count).